The van der Waals surface area contributed by atoms with Gasteiger partial charge in [-0.2, -0.15) is 0 Å². The molecule has 0 aliphatic heterocycles. The van der Waals surface area contributed by atoms with E-state index in [0.29, 0.717) is 0 Å². The van der Waals surface area contributed by atoms with Crippen LogP contribution in [0.25, 0.3) is 0 Å². The Kier molecular flexibility index (Phi) is 6.73. The molecule has 85 valence electrons. The average molecular weight is 217 g/mol. The lowest BCUT2D eigenvalue weighted by Crippen LogP contribution is -2.37. The Bertz CT molecular complexity index is 219. The first-order valence-corrected chi connectivity index (χ1v) is 4.40. The molecule has 2 unspecified atom stereocenters. The zero-order chi connectivity index (χ0) is 11.8. The molecule has 1 radical (unpaired) electrons. The fraction of sp³-hybridized carbons (Fsp3) is 0.750. The minimum absolute atomic E-state index is 0.229. The van der Waals surface area contributed by atoms with Gasteiger partial charge in [-0.1, -0.05) is 0 Å². The van der Waals surface area contributed by atoms with E-state index in [1.165, 1.54) is 21.1 Å². The third kappa shape index (κ3) is 7.96. The van der Waals surface area contributed by atoms with E-state index in [0.717, 1.165) is 0 Å². The van der Waals surface area contributed by atoms with Gasteiger partial charge in [0.2, 0.25) is 7.28 Å². The Hall–Kier alpha value is -1.08. The van der Waals surface area contributed by atoms with Gasteiger partial charge >= 0.3 is 11.9 Å². The highest BCUT2D eigenvalue weighted by molar-refractivity contribution is 6.39. The highest BCUT2D eigenvalue weighted by atomic mass is 16.6. The monoisotopic (exact) mass is 217 g/mol. The minimum Gasteiger partial charge on any atom is -0.470 e. The first-order valence-electron chi connectivity index (χ1n) is 4.40. The number of aliphatic hydroxyl groups excluding tert-OH is 2. The van der Waals surface area contributed by atoms with Crippen molar-refractivity contribution < 1.29 is 29.3 Å². The molecule has 2 atom stereocenters. The third-order valence-electron chi connectivity index (χ3n) is 1.39. The lowest BCUT2D eigenvalue weighted by molar-refractivity contribution is -0.145. The van der Waals surface area contributed by atoms with Gasteiger partial charge in [-0.3, -0.25) is 9.59 Å². The molecule has 0 spiro atoms. The molecular weight excluding hydrogens is 203 g/mol. The topological polar surface area (TPSA) is 93.1 Å². The van der Waals surface area contributed by atoms with Crippen molar-refractivity contribution in [1.29, 1.82) is 0 Å². The molecular formula is C8H14BO6. The minimum atomic E-state index is -1.08. The van der Waals surface area contributed by atoms with E-state index in [-0.39, 0.29) is 6.61 Å². The predicted molar refractivity (Wildman–Crippen MR) is 51.0 cm³/mol. The van der Waals surface area contributed by atoms with Crippen molar-refractivity contribution in [2.24, 2.45) is 0 Å². The summed E-state index contributed by atoms with van der Waals surface area (Å²) in [7, 11) is 1.18. The predicted octanol–water partition coefficient (Wildman–Crippen LogP) is -1.55. The quantitative estimate of drug-likeness (QED) is 0.413. The van der Waals surface area contributed by atoms with Gasteiger partial charge in [-0.15, -0.1) is 0 Å². The Labute approximate surface area is 88.4 Å². The van der Waals surface area contributed by atoms with Crippen LogP contribution in [0.3, 0.4) is 0 Å². The van der Waals surface area contributed by atoms with Gasteiger partial charge < -0.3 is 19.7 Å². The number of carbonyl (C=O) groups is 2. The van der Waals surface area contributed by atoms with Gasteiger partial charge in [0.05, 0.1) is 18.6 Å². The van der Waals surface area contributed by atoms with Crippen LogP contribution in [-0.4, -0.2) is 54.7 Å². The highest BCUT2D eigenvalue weighted by Crippen LogP contribution is 1.95. The standard InChI is InChI=1S/C8H14BO6/c1-5(11)14-4-7(13)9-8(3-10)15-6(2)12/h7-8,10,13H,3-4H2,1-2H3. The Morgan fingerprint density at radius 3 is 2.33 bits per heavy atom. The molecule has 0 aromatic rings. The van der Waals surface area contributed by atoms with E-state index >= 15 is 0 Å². The van der Waals surface area contributed by atoms with Crippen molar-refractivity contribution in [3.8, 4) is 0 Å². The maximum absolute atomic E-state index is 10.5. The molecule has 15 heavy (non-hydrogen) atoms. The summed E-state index contributed by atoms with van der Waals surface area (Å²) in [5, 5.41) is 18.1. The van der Waals surface area contributed by atoms with Crippen LogP contribution in [0.5, 0.6) is 0 Å². The summed E-state index contributed by atoms with van der Waals surface area (Å²) in [6.07, 6.45) is 0. The molecule has 0 aliphatic carbocycles. The van der Waals surface area contributed by atoms with Crippen molar-refractivity contribution in [3.05, 3.63) is 0 Å². The van der Waals surface area contributed by atoms with Crippen molar-refractivity contribution in [1.82, 2.24) is 0 Å². The molecule has 7 heteroatoms. The van der Waals surface area contributed by atoms with E-state index in [9.17, 15) is 14.7 Å². The summed E-state index contributed by atoms with van der Waals surface area (Å²) in [4.78, 5) is 20.9. The van der Waals surface area contributed by atoms with Crippen LogP contribution in [-0.2, 0) is 19.1 Å². The third-order valence-corrected chi connectivity index (χ3v) is 1.39. The van der Waals surface area contributed by atoms with Crippen LogP contribution >= 0.6 is 0 Å². The van der Waals surface area contributed by atoms with Gasteiger partial charge in [0.15, 0.2) is 0 Å². The summed E-state index contributed by atoms with van der Waals surface area (Å²) < 4.78 is 9.14. The Balaban J connectivity index is 3.84. The van der Waals surface area contributed by atoms with Gasteiger partial charge in [0.1, 0.15) is 6.61 Å². The molecule has 0 bridgehead atoms. The zero-order valence-corrected chi connectivity index (χ0v) is 8.67. The smallest absolute Gasteiger partial charge is 0.302 e. The molecule has 0 saturated heterocycles. The largest absolute Gasteiger partial charge is 0.470 e. The molecule has 0 aliphatic rings. The van der Waals surface area contributed by atoms with Gasteiger partial charge in [0.25, 0.3) is 0 Å². The van der Waals surface area contributed by atoms with Crippen LogP contribution < -0.4 is 0 Å². The molecule has 0 rings (SSSR count). The molecule has 0 amide bonds. The van der Waals surface area contributed by atoms with E-state index in [2.05, 4.69) is 9.47 Å². The molecule has 0 saturated carbocycles. The van der Waals surface area contributed by atoms with Crippen LogP contribution in [0.15, 0.2) is 0 Å². The molecule has 0 heterocycles. The number of rotatable bonds is 6. The van der Waals surface area contributed by atoms with Crippen molar-refractivity contribution in [2.75, 3.05) is 13.2 Å². The first kappa shape index (κ1) is 13.9. The van der Waals surface area contributed by atoms with Crippen molar-refractivity contribution >= 4 is 19.2 Å². The Morgan fingerprint density at radius 1 is 1.33 bits per heavy atom. The van der Waals surface area contributed by atoms with Crippen LogP contribution in [0.1, 0.15) is 13.8 Å². The van der Waals surface area contributed by atoms with E-state index in [1.54, 1.807) is 0 Å². The lowest BCUT2D eigenvalue weighted by atomic mass is 9.66. The summed E-state index contributed by atoms with van der Waals surface area (Å²) in [5.41, 5.74) is 0. The maximum atomic E-state index is 10.5. The van der Waals surface area contributed by atoms with Crippen molar-refractivity contribution in [3.63, 3.8) is 0 Å². The fourth-order valence-electron chi connectivity index (χ4n) is 0.857. The highest BCUT2D eigenvalue weighted by Gasteiger charge is 2.19. The number of hydrogen-bond donors (Lipinski definition) is 2. The maximum Gasteiger partial charge on any atom is 0.302 e. The number of carbonyl (C=O) groups excluding carboxylic acids is 2. The molecule has 2 N–H and O–H groups in total. The second kappa shape index (κ2) is 7.25. The second-order valence-electron chi connectivity index (χ2n) is 2.89. The summed E-state index contributed by atoms with van der Waals surface area (Å²) >= 11 is 0. The fourth-order valence-corrected chi connectivity index (χ4v) is 0.857. The number of aliphatic hydroxyl groups is 2. The first-order chi connectivity index (χ1) is 6.95. The van der Waals surface area contributed by atoms with Crippen LogP contribution in [0, 0.1) is 0 Å². The summed E-state index contributed by atoms with van der Waals surface area (Å²) in [5.74, 6) is -1.08. The zero-order valence-electron chi connectivity index (χ0n) is 8.67. The second-order valence-corrected chi connectivity index (χ2v) is 2.89. The van der Waals surface area contributed by atoms with Gasteiger partial charge in [-0.25, -0.2) is 0 Å². The number of esters is 2. The molecule has 6 nitrogen and oxygen atoms in total. The summed E-state index contributed by atoms with van der Waals surface area (Å²) in [6.45, 7) is 1.74. The average Bonchev–Trinajstić information content (AvgIpc) is 2.13. The van der Waals surface area contributed by atoms with Gasteiger partial charge in [-0.05, 0) is 0 Å². The number of ether oxygens (including phenoxy) is 2. The summed E-state index contributed by atoms with van der Waals surface area (Å²) in [6, 6.07) is -1.97. The van der Waals surface area contributed by atoms with E-state index < -0.39 is 30.6 Å². The molecule has 0 fully saturated rings. The van der Waals surface area contributed by atoms with Gasteiger partial charge in [0, 0.05) is 13.8 Å². The SMILES string of the molecule is CC(=O)OCC(O)[B]C(CO)OC(C)=O. The normalized spacial score (nSPS) is 13.9. The molecule has 0 aromatic heterocycles. The number of hydrogen-bond acceptors (Lipinski definition) is 6. The van der Waals surface area contributed by atoms with E-state index in [4.69, 9.17) is 5.11 Å². The van der Waals surface area contributed by atoms with Crippen LogP contribution in [0.2, 0.25) is 0 Å². The lowest BCUT2D eigenvalue weighted by Gasteiger charge is -2.16. The Morgan fingerprint density at radius 2 is 1.93 bits per heavy atom. The molecule has 0 aromatic carbocycles. The van der Waals surface area contributed by atoms with E-state index in [1.807, 2.05) is 0 Å². The van der Waals surface area contributed by atoms with Crippen molar-refractivity contribution in [2.45, 2.75) is 25.9 Å². The van der Waals surface area contributed by atoms with Crippen LogP contribution in [0.4, 0.5) is 0 Å².